The molecule has 0 aliphatic carbocycles. The van der Waals surface area contributed by atoms with E-state index in [4.69, 9.17) is 4.74 Å². The number of hydrogen-bond acceptors (Lipinski definition) is 3. The van der Waals surface area contributed by atoms with Crippen LogP contribution in [0.3, 0.4) is 0 Å². The first-order valence-corrected chi connectivity index (χ1v) is 6.79. The van der Waals surface area contributed by atoms with Crippen molar-refractivity contribution in [3.8, 4) is 0 Å². The van der Waals surface area contributed by atoms with Gasteiger partial charge < -0.3 is 15.4 Å². The molecule has 2 heterocycles. The maximum Gasteiger partial charge on any atom is 0.225 e. The topological polar surface area (TPSA) is 50.4 Å². The number of carbonyl (C=O) groups excluding carboxylic acids is 1. The standard InChI is InChI=1S/C13H24N2O2/c1-9-4-3-5-14-12(9)7-15-13(16)11-6-10(2)17-8-11/h9-12,14H,3-8H2,1-2H3,(H,15,16). The van der Waals surface area contributed by atoms with Crippen molar-refractivity contribution in [2.75, 3.05) is 19.7 Å². The number of ether oxygens (including phenoxy) is 1. The normalized spacial score (nSPS) is 38.0. The van der Waals surface area contributed by atoms with E-state index in [0.29, 0.717) is 18.6 Å². The van der Waals surface area contributed by atoms with Crippen LogP contribution >= 0.6 is 0 Å². The van der Waals surface area contributed by atoms with E-state index in [-0.39, 0.29) is 17.9 Å². The van der Waals surface area contributed by atoms with Crippen LogP contribution in [0.4, 0.5) is 0 Å². The maximum absolute atomic E-state index is 11.9. The van der Waals surface area contributed by atoms with E-state index >= 15 is 0 Å². The van der Waals surface area contributed by atoms with Gasteiger partial charge >= 0.3 is 0 Å². The van der Waals surface area contributed by atoms with E-state index in [1.807, 2.05) is 6.92 Å². The average Bonchev–Trinajstić information content (AvgIpc) is 2.74. The zero-order valence-corrected chi connectivity index (χ0v) is 10.9. The highest BCUT2D eigenvalue weighted by Gasteiger charge is 2.29. The van der Waals surface area contributed by atoms with E-state index in [0.717, 1.165) is 19.5 Å². The Labute approximate surface area is 103 Å². The molecule has 0 aromatic carbocycles. The highest BCUT2D eigenvalue weighted by atomic mass is 16.5. The number of rotatable bonds is 3. The van der Waals surface area contributed by atoms with Gasteiger partial charge in [-0.25, -0.2) is 0 Å². The Morgan fingerprint density at radius 3 is 2.94 bits per heavy atom. The van der Waals surface area contributed by atoms with Crippen LogP contribution in [-0.4, -0.2) is 37.7 Å². The summed E-state index contributed by atoms with van der Waals surface area (Å²) in [4.78, 5) is 11.9. The molecule has 2 rings (SSSR count). The van der Waals surface area contributed by atoms with Gasteiger partial charge in [0.1, 0.15) is 0 Å². The Morgan fingerprint density at radius 2 is 2.29 bits per heavy atom. The van der Waals surface area contributed by atoms with Crippen LogP contribution in [0.15, 0.2) is 0 Å². The van der Waals surface area contributed by atoms with Crippen molar-refractivity contribution in [2.45, 2.75) is 45.3 Å². The summed E-state index contributed by atoms with van der Waals surface area (Å²) in [6.07, 6.45) is 3.60. The fourth-order valence-electron chi connectivity index (χ4n) is 2.74. The van der Waals surface area contributed by atoms with Crippen LogP contribution in [0.25, 0.3) is 0 Å². The van der Waals surface area contributed by atoms with Gasteiger partial charge in [0.05, 0.1) is 18.6 Å². The number of nitrogens with one attached hydrogen (secondary N) is 2. The third-order valence-electron chi connectivity index (χ3n) is 4.00. The van der Waals surface area contributed by atoms with Crippen molar-refractivity contribution >= 4 is 5.91 Å². The molecule has 4 nitrogen and oxygen atoms in total. The molecule has 0 bridgehead atoms. The molecule has 0 saturated carbocycles. The average molecular weight is 240 g/mol. The first-order valence-electron chi connectivity index (χ1n) is 6.79. The third-order valence-corrected chi connectivity index (χ3v) is 4.00. The Bertz CT molecular complexity index is 270. The molecule has 0 aromatic rings. The molecule has 2 fully saturated rings. The minimum absolute atomic E-state index is 0.0592. The van der Waals surface area contributed by atoms with Crippen molar-refractivity contribution < 1.29 is 9.53 Å². The molecule has 98 valence electrons. The molecule has 2 aliphatic rings. The van der Waals surface area contributed by atoms with E-state index in [9.17, 15) is 4.79 Å². The second-order valence-electron chi connectivity index (χ2n) is 5.50. The Balaban J connectivity index is 1.72. The number of carbonyl (C=O) groups is 1. The second-order valence-corrected chi connectivity index (χ2v) is 5.50. The SMILES string of the molecule is CC1CC(C(=O)NCC2NCCCC2C)CO1. The highest BCUT2D eigenvalue weighted by molar-refractivity contribution is 5.79. The zero-order chi connectivity index (χ0) is 12.3. The summed E-state index contributed by atoms with van der Waals surface area (Å²) < 4.78 is 5.42. The summed E-state index contributed by atoms with van der Waals surface area (Å²) in [5.41, 5.74) is 0. The quantitative estimate of drug-likeness (QED) is 0.771. The summed E-state index contributed by atoms with van der Waals surface area (Å²) in [5, 5.41) is 6.54. The first-order chi connectivity index (χ1) is 8.16. The Morgan fingerprint density at radius 1 is 1.47 bits per heavy atom. The van der Waals surface area contributed by atoms with Crippen LogP contribution in [-0.2, 0) is 9.53 Å². The third kappa shape index (κ3) is 3.42. The summed E-state index contributed by atoms with van der Waals surface area (Å²) in [6, 6.07) is 0.437. The van der Waals surface area contributed by atoms with Crippen LogP contribution in [0, 0.1) is 11.8 Å². The smallest absolute Gasteiger partial charge is 0.225 e. The maximum atomic E-state index is 11.9. The van der Waals surface area contributed by atoms with Crippen molar-refractivity contribution in [2.24, 2.45) is 11.8 Å². The number of hydrogen-bond donors (Lipinski definition) is 2. The fourth-order valence-corrected chi connectivity index (χ4v) is 2.74. The van der Waals surface area contributed by atoms with Crippen LogP contribution in [0.5, 0.6) is 0 Å². The first kappa shape index (κ1) is 12.8. The summed E-state index contributed by atoms with van der Waals surface area (Å²) in [7, 11) is 0. The summed E-state index contributed by atoms with van der Waals surface area (Å²) >= 11 is 0. The lowest BCUT2D eigenvalue weighted by Crippen LogP contribution is -2.48. The van der Waals surface area contributed by atoms with Crippen molar-refractivity contribution in [3.05, 3.63) is 0 Å². The molecule has 0 spiro atoms. The number of amides is 1. The van der Waals surface area contributed by atoms with Gasteiger partial charge in [0.2, 0.25) is 5.91 Å². The molecule has 17 heavy (non-hydrogen) atoms. The zero-order valence-electron chi connectivity index (χ0n) is 10.9. The lowest BCUT2D eigenvalue weighted by molar-refractivity contribution is -0.125. The molecule has 2 saturated heterocycles. The number of piperidine rings is 1. The van der Waals surface area contributed by atoms with Gasteiger partial charge in [0, 0.05) is 12.6 Å². The molecule has 4 atom stereocenters. The minimum atomic E-state index is 0.0592. The highest BCUT2D eigenvalue weighted by Crippen LogP contribution is 2.19. The van der Waals surface area contributed by atoms with E-state index in [2.05, 4.69) is 17.6 Å². The lowest BCUT2D eigenvalue weighted by Gasteiger charge is -2.30. The summed E-state index contributed by atoms with van der Waals surface area (Å²) in [5.74, 6) is 0.876. The molecule has 0 aromatic heterocycles. The van der Waals surface area contributed by atoms with Crippen LogP contribution in [0.1, 0.15) is 33.1 Å². The van der Waals surface area contributed by atoms with Gasteiger partial charge in [-0.15, -0.1) is 0 Å². The van der Waals surface area contributed by atoms with Gasteiger partial charge in [0.25, 0.3) is 0 Å². The molecule has 2 aliphatic heterocycles. The molecule has 0 radical (unpaired) electrons. The second kappa shape index (κ2) is 5.83. The van der Waals surface area contributed by atoms with Gasteiger partial charge in [-0.3, -0.25) is 4.79 Å². The monoisotopic (exact) mass is 240 g/mol. The van der Waals surface area contributed by atoms with E-state index in [1.165, 1.54) is 12.8 Å². The Hall–Kier alpha value is -0.610. The van der Waals surface area contributed by atoms with Crippen LogP contribution < -0.4 is 10.6 Å². The van der Waals surface area contributed by atoms with Gasteiger partial charge in [-0.05, 0) is 38.6 Å². The van der Waals surface area contributed by atoms with Gasteiger partial charge in [-0.2, -0.15) is 0 Å². The lowest BCUT2D eigenvalue weighted by atomic mass is 9.92. The molecule has 1 amide bonds. The van der Waals surface area contributed by atoms with Crippen molar-refractivity contribution in [3.63, 3.8) is 0 Å². The molecular formula is C13H24N2O2. The fraction of sp³-hybridized carbons (Fsp3) is 0.923. The minimum Gasteiger partial charge on any atom is -0.378 e. The van der Waals surface area contributed by atoms with Gasteiger partial charge in [0.15, 0.2) is 0 Å². The Kier molecular flexibility index (Phi) is 4.40. The van der Waals surface area contributed by atoms with E-state index < -0.39 is 0 Å². The molecule has 4 unspecified atom stereocenters. The van der Waals surface area contributed by atoms with Crippen molar-refractivity contribution in [1.29, 1.82) is 0 Å². The predicted molar refractivity (Wildman–Crippen MR) is 66.7 cm³/mol. The molecule has 4 heteroatoms. The largest absolute Gasteiger partial charge is 0.378 e. The molecule has 2 N–H and O–H groups in total. The predicted octanol–water partition coefficient (Wildman–Crippen LogP) is 0.916. The van der Waals surface area contributed by atoms with Gasteiger partial charge in [-0.1, -0.05) is 6.92 Å². The molecular weight excluding hydrogens is 216 g/mol. The van der Waals surface area contributed by atoms with Crippen LogP contribution in [0.2, 0.25) is 0 Å². The van der Waals surface area contributed by atoms with E-state index in [1.54, 1.807) is 0 Å². The summed E-state index contributed by atoms with van der Waals surface area (Å²) in [6.45, 7) is 6.70. The van der Waals surface area contributed by atoms with Crippen molar-refractivity contribution in [1.82, 2.24) is 10.6 Å².